The van der Waals surface area contributed by atoms with Gasteiger partial charge >= 0.3 is 6.09 Å². The summed E-state index contributed by atoms with van der Waals surface area (Å²) in [5.74, 6) is 0.283. The first-order valence-corrected chi connectivity index (χ1v) is 7.85. The number of hydrogen-bond acceptors (Lipinski definition) is 3. The smallest absolute Gasteiger partial charge is 0.410 e. The summed E-state index contributed by atoms with van der Waals surface area (Å²) < 4.78 is 5.40. The van der Waals surface area contributed by atoms with Crippen molar-refractivity contribution in [2.75, 3.05) is 13.1 Å². The average molecular weight is 321 g/mol. The molecule has 0 bridgehead atoms. The van der Waals surface area contributed by atoms with Crippen LogP contribution in [0.4, 0.5) is 4.79 Å². The molecule has 5 heteroatoms. The number of piperidine rings is 1. The number of carbonyl (C=O) groups is 1. The Hall–Kier alpha value is -1.73. The Morgan fingerprint density at radius 2 is 2.00 bits per heavy atom. The third-order valence-electron chi connectivity index (χ3n) is 3.72. The monoisotopic (exact) mass is 320 g/mol. The molecule has 0 atom stereocenters. The fourth-order valence-electron chi connectivity index (χ4n) is 2.68. The van der Waals surface area contributed by atoms with E-state index in [1.807, 2.05) is 32.9 Å². The van der Waals surface area contributed by atoms with Gasteiger partial charge in [0.2, 0.25) is 0 Å². The first kappa shape index (κ1) is 16.6. The Bertz CT molecular complexity index is 594. The van der Waals surface area contributed by atoms with Gasteiger partial charge in [-0.2, -0.15) is 5.26 Å². The van der Waals surface area contributed by atoms with Crippen molar-refractivity contribution in [2.24, 2.45) is 0 Å². The van der Waals surface area contributed by atoms with Crippen molar-refractivity contribution in [1.82, 2.24) is 4.90 Å². The molecule has 4 nitrogen and oxygen atoms in total. The number of ether oxygens (including phenoxy) is 1. The summed E-state index contributed by atoms with van der Waals surface area (Å²) >= 11 is 5.94. The molecule has 1 saturated heterocycles. The van der Waals surface area contributed by atoms with Gasteiger partial charge < -0.3 is 9.64 Å². The highest BCUT2D eigenvalue weighted by atomic mass is 35.5. The minimum Gasteiger partial charge on any atom is -0.444 e. The molecule has 2 rings (SSSR count). The normalized spacial score (nSPS) is 16.2. The van der Waals surface area contributed by atoms with E-state index in [0.29, 0.717) is 23.7 Å². The lowest BCUT2D eigenvalue weighted by Gasteiger charge is -2.33. The Morgan fingerprint density at radius 3 is 2.55 bits per heavy atom. The summed E-state index contributed by atoms with van der Waals surface area (Å²) in [4.78, 5) is 13.8. The van der Waals surface area contributed by atoms with Crippen molar-refractivity contribution in [3.63, 3.8) is 0 Å². The Labute approximate surface area is 136 Å². The van der Waals surface area contributed by atoms with E-state index in [4.69, 9.17) is 16.3 Å². The standard InChI is InChI=1S/C17H21ClN2O2/c1-17(2,3)22-16(21)20-8-6-12(7-9-20)15-5-4-14(18)10-13(15)11-19/h4-5,10,12H,6-9H2,1-3H3. The quantitative estimate of drug-likeness (QED) is 0.774. The van der Waals surface area contributed by atoms with Gasteiger partial charge in [0.05, 0.1) is 11.6 Å². The van der Waals surface area contributed by atoms with Crippen LogP contribution in [0.2, 0.25) is 5.02 Å². The molecule has 0 N–H and O–H groups in total. The molecule has 1 aliphatic heterocycles. The SMILES string of the molecule is CC(C)(C)OC(=O)N1CCC(c2ccc(Cl)cc2C#N)CC1. The lowest BCUT2D eigenvalue weighted by atomic mass is 9.87. The van der Waals surface area contributed by atoms with Crippen molar-refractivity contribution in [3.05, 3.63) is 34.3 Å². The third kappa shape index (κ3) is 4.14. The van der Waals surface area contributed by atoms with Crippen LogP contribution in [0.25, 0.3) is 0 Å². The molecule has 1 heterocycles. The van der Waals surface area contributed by atoms with Gasteiger partial charge in [0, 0.05) is 18.1 Å². The van der Waals surface area contributed by atoms with Gasteiger partial charge in [-0.3, -0.25) is 0 Å². The molecule has 1 amide bonds. The molecule has 0 aliphatic carbocycles. The van der Waals surface area contributed by atoms with Crippen molar-refractivity contribution in [1.29, 1.82) is 5.26 Å². The number of halogens is 1. The van der Waals surface area contributed by atoms with Crippen molar-refractivity contribution >= 4 is 17.7 Å². The molecule has 1 fully saturated rings. The van der Waals surface area contributed by atoms with Crippen LogP contribution in [-0.4, -0.2) is 29.7 Å². The summed E-state index contributed by atoms with van der Waals surface area (Å²) in [5, 5.41) is 9.82. The minimum atomic E-state index is -0.474. The zero-order valence-corrected chi connectivity index (χ0v) is 14.0. The van der Waals surface area contributed by atoms with E-state index in [2.05, 4.69) is 6.07 Å². The second kappa shape index (κ2) is 6.58. The molecule has 22 heavy (non-hydrogen) atoms. The summed E-state index contributed by atoms with van der Waals surface area (Å²) in [5.41, 5.74) is 1.18. The molecule has 118 valence electrons. The van der Waals surface area contributed by atoms with E-state index < -0.39 is 5.60 Å². The molecule has 0 radical (unpaired) electrons. The predicted octanol–water partition coefficient (Wildman–Crippen LogP) is 4.33. The van der Waals surface area contributed by atoms with E-state index in [0.717, 1.165) is 18.4 Å². The molecule has 1 aromatic carbocycles. The Kier molecular flexibility index (Phi) is 4.97. The number of carbonyl (C=O) groups excluding carboxylic acids is 1. The summed E-state index contributed by atoms with van der Waals surface area (Å²) in [7, 11) is 0. The number of likely N-dealkylation sites (tertiary alicyclic amines) is 1. The first-order valence-electron chi connectivity index (χ1n) is 7.47. The number of amides is 1. The van der Waals surface area contributed by atoms with E-state index in [-0.39, 0.29) is 12.0 Å². The van der Waals surface area contributed by atoms with E-state index >= 15 is 0 Å². The first-order chi connectivity index (χ1) is 10.3. The fourth-order valence-corrected chi connectivity index (χ4v) is 2.85. The topological polar surface area (TPSA) is 53.3 Å². The van der Waals surface area contributed by atoms with Gasteiger partial charge in [-0.05, 0) is 57.2 Å². The van der Waals surface area contributed by atoms with Gasteiger partial charge in [-0.15, -0.1) is 0 Å². The van der Waals surface area contributed by atoms with Crippen LogP contribution >= 0.6 is 11.6 Å². The zero-order valence-electron chi connectivity index (χ0n) is 13.2. The van der Waals surface area contributed by atoms with Crippen molar-refractivity contribution < 1.29 is 9.53 Å². The second-order valence-electron chi connectivity index (χ2n) is 6.59. The highest BCUT2D eigenvalue weighted by Gasteiger charge is 2.28. The Morgan fingerprint density at radius 1 is 1.36 bits per heavy atom. The zero-order chi connectivity index (χ0) is 16.3. The molecule has 0 spiro atoms. The van der Waals surface area contributed by atoms with Crippen LogP contribution in [0, 0.1) is 11.3 Å². The number of hydrogen-bond donors (Lipinski definition) is 0. The van der Waals surface area contributed by atoms with Gasteiger partial charge in [0.1, 0.15) is 5.60 Å². The minimum absolute atomic E-state index is 0.262. The number of benzene rings is 1. The fraction of sp³-hybridized carbons (Fsp3) is 0.529. The molecule has 1 aliphatic rings. The number of nitrogens with zero attached hydrogens (tertiary/aromatic N) is 2. The summed E-state index contributed by atoms with van der Waals surface area (Å²) in [6.45, 7) is 6.89. The maximum atomic E-state index is 12.1. The van der Waals surface area contributed by atoms with Crippen LogP contribution in [0.3, 0.4) is 0 Å². The van der Waals surface area contributed by atoms with E-state index in [9.17, 15) is 10.1 Å². The lowest BCUT2D eigenvalue weighted by Crippen LogP contribution is -2.41. The van der Waals surface area contributed by atoms with Gasteiger partial charge in [-0.1, -0.05) is 17.7 Å². The Balaban J connectivity index is 2.01. The average Bonchev–Trinajstić information content (AvgIpc) is 2.45. The lowest BCUT2D eigenvalue weighted by molar-refractivity contribution is 0.0205. The largest absolute Gasteiger partial charge is 0.444 e. The maximum Gasteiger partial charge on any atom is 0.410 e. The van der Waals surface area contributed by atoms with Crippen molar-refractivity contribution in [2.45, 2.75) is 45.1 Å². The van der Waals surface area contributed by atoms with Gasteiger partial charge in [0.15, 0.2) is 0 Å². The van der Waals surface area contributed by atoms with E-state index in [1.54, 1.807) is 11.0 Å². The van der Waals surface area contributed by atoms with Crippen LogP contribution in [0.15, 0.2) is 18.2 Å². The second-order valence-corrected chi connectivity index (χ2v) is 7.02. The van der Waals surface area contributed by atoms with Crippen LogP contribution in [0.5, 0.6) is 0 Å². The predicted molar refractivity (Wildman–Crippen MR) is 85.9 cm³/mol. The van der Waals surface area contributed by atoms with Crippen molar-refractivity contribution in [3.8, 4) is 6.07 Å². The molecule has 0 unspecified atom stereocenters. The maximum absolute atomic E-state index is 12.1. The van der Waals surface area contributed by atoms with Gasteiger partial charge in [-0.25, -0.2) is 4.79 Å². The number of nitriles is 1. The van der Waals surface area contributed by atoms with E-state index in [1.165, 1.54) is 0 Å². The summed E-state index contributed by atoms with van der Waals surface area (Å²) in [6, 6.07) is 7.66. The molecular weight excluding hydrogens is 300 g/mol. The highest BCUT2D eigenvalue weighted by Crippen LogP contribution is 2.32. The summed E-state index contributed by atoms with van der Waals surface area (Å²) in [6.07, 6.45) is 1.40. The number of rotatable bonds is 1. The molecular formula is C17H21ClN2O2. The van der Waals surface area contributed by atoms with Crippen LogP contribution in [-0.2, 0) is 4.74 Å². The molecule has 1 aromatic rings. The third-order valence-corrected chi connectivity index (χ3v) is 3.96. The highest BCUT2D eigenvalue weighted by molar-refractivity contribution is 6.30. The van der Waals surface area contributed by atoms with Crippen LogP contribution < -0.4 is 0 Å². The van der Waals surface area contributed by atoms with Crippen LogP contribution in [0.1, 0.15) is 50.7 Å². The molecule has 0 saturated carbocycles. The molecule has 0 aromatic heterocycles. The van der Waals surface area contributed by atoms with Gasteiger partial charge in [0.25, 0.3) is 0 Å².